The predicted octanol–water partition coefficient (Wildman–Crippen LogP) is 4.21. The fourth-order valence-electron chi connectivity index (χ4n) is 1.86. The first-order chi connectivity index (χ1) is 9.35. The second-order valence-electron chi connectivity index (χ2n) is 4.33. The number of anilines is 1. The summed E-state index contributed by atoms with van der Waals surface area (Å²) < 4.78 is 38.6. The van der Waals surface area contributed by atoms with E-state index in [1.54, 1.807) is 18.3 Å². The molecule has 0 fully saturated rings. The molecule has 1 N–H and O–H groups in total. The number of imidazole rings is 1. The van der Waals surface area contributed by atoms with Crippen molar-refractivity contribution in [2.75, 3.05) is 5.32 Å². The molecule has 0 amide bonds. The van der Waals surface area contributed by atoms with Crippen LogP contribution in [0.15, 0.2) is 41.6 Å². The Bertz CT molecular complexity index is 563. The Morgan fingerprint density at radius 2 is 1.90 bits per heavy atom. The fourth-order valence-corrected chi connectivity index (χ4v) is 2.40. The summed E-state index contributed by atoms with van der Waals surface area (Å²) in [6.45, 7) is 1.95. The van der Waals surface area contributed by atoms with Crippen molar-refractivity contribution >= 4 is 17.4 Å². The minimum absolute atomic E-state index is 0.0314. The first-order valence-electron chi connectivity index (χ1n) is 5.95. The van der Waals surface area contributed by atoms with Crippen LogP contribution in [0.1, 0.15) is 18.8 Å². The summed E-state index contributed by atoms with van der Waals surface area (Å²) in [5.74, 6) is 0.860. The number of hydrogen-bond acceptors (Lipinski definition) is 3. The monoisotopic (exact) mass is 301 g/mol. The van der Waals surface area contributed by atoms with Gasteiger partial charge in [-0.25, -0.2) is 4.98 Å². The Morgan fingerprint density at radius 1 is 1.25 bits per heavy atom. The number of nitrogens with one attached hydrogen (secondary N) is 1. The van der Waals surface area contributed by atoms with Crippen LogP contribution in [0.3, 0.4) is 0 Å². The highest BCUT2D eigenvalue weighted by molar-refractivity contribution is 8.00. The summed E-state index contributed by atoms with van der Waals surface area (Å²) in [6, 6.07) is 6.13. The van der Waals surface area contributed by atoms with E-state index in [-0.39, 0.29) is 22.7 Å². The molecule has 1 aromatic carbocycles. The number of rotatable bonds is 4. The third-order valence-electron chi connectivity index (χ3n) is 2.72. The van der Waals surface area contributed by atoms with Gasteiger partial charge in [0.05, 0.1) is 6.04 Å². The van der Waals surface area contributed by atoms with E-state index in [0.29, 0.717) is 0 Å². The number of halogens is 3. The number of nitrogens with zero attached hydrogens (tertiary/aromatic N) is 2. The van der Waals surface area contributed by atoms with Gasteiger partial charge in [-0.15, -0.1) is 0 Å². The summed E-state index contributed by atoms with van der Waals surface area (Å²) >= 11 is -0.116. The molecule has 3 nitrogen and oxygen atoms in total. The molecule has 0 spiro atoms. The van der Waals surface area contributed by atoms with Gasteiger partial charge in [0.25, 0.3) is 0 Å². The van der Waals surface area contributed by atoms with Crippen molar-refractivity contribution in [1.82, 2.24) is 9.55 Å². The first kappa shape index (κ1) is 14.8. The smallest absolute Gasteiger partial charge is 0.375 e. The van der Waals surface area contributed by atoms with Gasteiger partial charge in [-0.05, 0) is 43.0 Å². The summed E-state index contributed by atoms with van der Waals surface area (Å²) in [5.41, 5.74) is -3.50. The van der Waals surface area contributed by atoms with Crippen molar-refractivity contribution in [2.45, 2.75) is 23.4 Å². The van der Waals surface area contributed by atoms with E-state index in [1.165, 1.54) is 12.1 Å². The van der Waals surface area contributed by atoms with Gasteiger partial charge in [0.1, 0.15) is 5.82 Å². The van der Waals surface area contributed by atoms with E-state index < -0.39 is 5.51 Å². The average Bonchev–Trinajstić information content (AvgIpc) is 2.76. The van der Waals surface area contributed by atoms with Crippen LogP contribution in [0.5, 0.6) is 0 Å². The van der Waals surface area contributed by atoms with E-state index in [9.17, 15) is 13.2 Å². The quantitative estimate of drug-likeness (QED) is 0.858. The lowest BCUT2D eigenvalue weighted by Crippen LogP contribution is -2.11. The van der Waals surface area contributed by atoms with E-state index in [4.69, 9.17) is 0 Å². The Balaban J connectivity index is 2.02. The van der Waals surface area contributed by atoms with Crippen molar-refractivity contribution in [2.24, 2.45) is 7.05 Å². The van der Waals surface area contributed by atoms with E-state index >= 15 is 0 Å². The maximum atomic E-state index is 12.2. The highest BCUT2D eigenvalue weighted by Gasteiger charge is 2.29. The Hall–Kier alpha value is -1.63. The maximum Gasteiger partial charge on any atom is 0.446 e. The number of aryl methyl sites for hydroxylation is 1. The minimum Gasteiger partial charge on any atom is -0.375 e. The molecule has 0 bridgehead atoms. The molecule has 2 aromatic rings. The number of aromatic nitrogens is 2. The number of benzene rings is 1. The van der Waals surface area contributed by atoms with E-state index in [1.807, 2.05) is 24.7 Å². The van der Waals surface area contributed by atoms with Crippen molar-refractivity contribution in [3.8, 4) is 0 Å². The first-order valence-corrected chi connectivity index (χ1v) is 6.76. The molecule has 0 aliphatic carbocycles. The van der Waals surface area contributed by atoms with Crippen LogP contribution in [-0.2, 0) is 7.05 Å². The molecule has 1 heterocycles. The zero-order valence-electron chi connectivity index (χ0n) is 11.0. The molecule has 0 radical (unpaired) electrons. The van der Waals surface area contributed by atoms with Crippen LogP contribution in [0.4, 0.5) is 18.9 Å². The molecule has 20 heavy (non-hydrogen) atoms. The molecule has 0 saturated heterocycles. The zero-order chi connectivity index (χ0) is 14.8. The van der Waals surface area contributed by atoms with Crippen LogP contribution >= 0.6 is 11.8 Å². The van der Waals surface area contributed by atoms with Gasteiger partial charge in [-0.1, -0.05) is 0 Å². The lowest BCUT2D eigenvalue weighted by Gasteiger charge is -2.15. The number of alkyl halides is 3. The molecule has 0 saturated carbocycles. The zero-order valence-corrected chi connectivity index (χ0v) is 11.8. The van der Waals surface area contributed by atoms with Crippen LogP contribution < -0.4 is 5.32 Å². The van der Waals surface area contributed by atoms with Gasteiger partial charge in [0, 0.05) is 30.0 Å². The third-order valence-corrected chi connectivity index (χ3v) is 3.46. The molecule has 1 unspecified atom stereocenters. The standard InChI is InChI=1S/C13H14F3N3S/c1-9(12-17-7-8-19(12)2)18-10-3-5-11(6-4-10)20-13(14,15)16/h3-9,18H,1-2H3. The topological polar surface area (TPSA) is 29.9 Å². The Morgan fingerprint density at radius 3 is 2.40 bits per heavy atom. The molecular weight excluding hydrogens is 287 g/mol. The van der Waals surface area contributed by atoms with E-state index in [2.05, 4.69) is 10.3 Å². The molecular formula is C13H14F3N3S. The van der Waals surface area contributed by atoms with Gasteiger partial charge in [0.2, 0.25) is 0 Å². The van der Waals surface area contributed by atoms with Crippen LogP contribution in [0, 0.1) is 0 Å². The van der Waals surface area contributed by atoms with Gasteiger partial charge in [0.15, 0.2) is 0 Å². The molecule has 1 atom stereocenters. The lowest BCUT2D eigenvalue weighted by molar-refractivity contribution is -0.0328. The van der Waals surface area contributed by atoms with Crippen molar-refractivity contribution in [1.29, 1.82) is 0 Å². The fraction of sp³-hybridized carbons (Fsp3) is 0.308. The van der Waals surface area contributed by atoms with E-state index in [0.717, 1.165) is 11.5 Å². The molecule has 108 valence electrons. The summed E-state index contributed by atoms with van der Waals surface area (Å²) in [5, 5.41) is 3.20. The van der Waals surface area contributed by atoms with Crippen LogP contribution in [0.2, 0.25) is 0 Å². The maximum absolute atomic E-state index is 12.2. The van der Waals surface area contributed by atoms with Gasteiger partial charge in [-0.2, -0.15) is 13.2 Å². The molecule has 2 rings (SSSR count). The third kappa shape index (κ3) is 3.93. The number of thioether (sulfide) groups is 1. The Labute approximate surface area is 119 Å². The van der Waals surface area contributed by atoms with Gasteiger partial charge < -0.3 is 9.88 Å². The molecule has 0 aliphatic rings. The van der Waals surface area contributed by atoms with Gasteiger partial charge >= 0.3 is 5.51 Å². The van der Waals surface area contributed by atoms with Gasteiger partial charge in [-0.3, -0.25) is 0 Å². The predicted molar refractivity (Wildman–Crippen MR) is 73.6 cm³/mol. The van der Waals surface area contributed by atoms with Crippen LogP contribution in [0.25, 0.3) is 0 Å². The molecule has 0 aliphatic heterocycles. The normalized spacial score (nSPS) is 13.2. The minimum atomic E-state index is -4.25. The SMILES string of the molecule is CC(Nc1ccc(SC(F)(F)F)cc1)c1nccn1C. The average molecular weight is 301 g/mol. The highest BCUT2D eigenvalue weighted by atomic mass is 32.2. The van der Waals surface area contributed by atoms with Crippen molar-refractivity contribution < 1.29 is 13.2 Å². The van der Waals surface area contributed by atoms with Crippen molar-refractivity contribution in [3.63, 3.8) is 0 Å². The largest absolute Gasteiger partial charge is 0.446 e. The second kappa shape index (κ2) is 5.78. The second-order valence-corrected chi connectivity index (χ2v) is 5.47. The summed E-state index contributed by atoms with van der Waals surface area (Å²) in [6.07, 6.45) is 3.55. The summed E-state index contributed by atoms with van der Waals surface area (Å²) in [4.78, 5) is 4.40. The summed E-state index contributed by atoms with van der Waals surface area (Å²) in [7, 11) is 1.89. The molecule has 7 heteroatoms. The van der Waals surface area contributed by atoms with Crippen molar-refractivity contribution in [3.05, 3.63) is 42.5 Å². The molecule has 1 aromatic heterocycles. The Kier molecular flexibility index (Phi) is 4.27. The highest BCUT2D eigenvalue weighted by Crippen LogP contribution is 2.37. The van der Waals surface area contributed by atoms with Crippen LogP contribution in [-0.4, -0.2) is 15.1 Å². The lowest BCUT2D eigenvalue weighted by atomic mass is 10.2. The number of hydrogen-bond donors (Lipinski definition) is 1.